The predicted octanol–water partition coefficient (Wildman–Crippen LogP) is 3.65. The molecule has 0 aliphatic heterocycles. The molecule has 0 aromatic rings. The van der Waals surface area contributed by atoms with Crippen LogP contribution in [0.25, 0.3) is 0 Å². The molecule has 0 N–H and O–H groups in total. The zero-order chi connectivity index (χ0) is 30.2. The van der Waals surface area contributed by atoms with Crippen LogP contribution >= 0.6 is 15.4 Å². The second-order valence-corrected chi connectivity index (χ2v) is 10.9. The maximum Gasteiger partial charge on any atom is 0.530 e. The van der Waals surface area contributed by atoms with E-state index in [-0.39, 0.29) is 26.4 Å². The molecule has 0 aromatic carbocycles. The summed E-state index contributed by atoms with van der Waals surface area (Å²) in [4.78, 5) is 47.3. The van der Waals surface area contributed by atoms with E-state index < -0.39 is 69.7 Å². The highest BCUT2D eigenvalue weighted by atomic mass is 31.2. The van der Waals surface area contributed by atoms with Gasteiger partial charge in [-0.25, -0.2) is 4.57 Å². The van der Waals surface area contributed by atoms with Gasteiger partial charge >= 0.3 is 39.3 Å². The molecule has 39 heavy (non-hydrogen) atoms. The van der Waals surface area contributed by atoms with E-state index in [0.29, 0.717) is 0 Å². The number of phosphoric ester groups is 1. The van der Waals surface area contributed by atoms with Crippen molar-refractivity contribution in [3.63, 3.8) is 0 Å². The summed E-state index contributed by atoms with van der Waals surface area (Å²) in [6.45, 7) is 8.89. The molecule has 3 atom stereocenters. The fourth-order valence-electron chi connectivity index (χ4n) is 2.88. The van der Waals surface area contributed by atoms with Crippen LogP contribution in [0.2, 0.25) is 0 Å². The maximum atomic E-state index is 13.8. The Morgan fingerprint density at radius 1 is 0.667 bits per heavy atom. The first-order chi connectivity index (χ1) is 18.2. The van der Waals surface area contributed by atoms with Crippen LogP contribution in [0.15, 0.2) is 11.6 Å². The summed E-state index contributed by atoms with van der Waals surface area (Å²) in [5, 5.41) is 0. The molecule has 0 aromatic heterocycles. The molecule has 0 fully saturated rings. The molecule has 0 unspecified atom stereocenters. The summed E-state index contributed by atoms with van der Waals surface area (Å²) in [5.41, 5.74) is -0.770. The van der Waals surface area contributed by atoms with E-state index in [2.05, 4.69) is 0 Å². The number of phosphoric acid groups is 1. The highest BCUT2D eigenvalue weighted by Gasteiger charge is 2.43. The van der Waals surface area contributed by atoms with Crippen molar-refractivity contribution >= 4 is 39.3 Å². The molecule has 0 rings (SSSR count). The van der Waals surface area contributed by atoms with Crippen LogP contribution in [0.5, 0.6) is 0 Å². The van der Waals surface area contributed by atoms with Gasteiger partial charge in [0.25, 0.3) is 0 Å². The second kappa shape index (κ2) is 18.1. The molecular weight excluding hydrogens is 566 g/mol. The Labute approximate surface area is 227 Å². The molecule has 0 saturated heterocycles. The second-order valence-electron chi connectivity index (χ2n) is 7.31. The first-order valence-electron chi connectivity index (χ1n) is 12.0. The Morgan fingerprint density at radius 3 is 1.51 bits per heavy atom. The molecule has 0 spiro atoms. The van der Waals surface area contributed by atoms with Gasteiger partial charge in [-0.2, -0.15) is 0 Å². The lowest BCUT2D eigenvalue weighted by atomic mass is 10.1. The van der Waals surface area contributed by atoms with Crippen molar-refractivity contribution in [1.82, 2.24) is 0 Å². The van der Waals surface area contributed by atoms with Crippen molar-refractivity contribution in [1.29, 1.82) is 0 Å². The maximum absolute atomic E-state index is 13.8. The summed E-state index contributed by atoms with van der Waals surface area (Å²) < 4.78 is 74.0. The minimum absolute atomic E-state index is 0.140. The van der Waals surface area contributed by atoms with Gasteiger partial charge < -0.3 is 32.5 Å². The number of hydrogen-bond donors (Lipinski definition) is 0. The molecule has 0 aliphatic carbocycles. The van der Waals surface area contributed by atoms with Gasteiger partial charge in [0.2, 0.25) is 5.50 Å². The van der Waals surface area contributed by atoms with E-state index >= 15 is 0 Å². The smallest absolute Gasteiger partial charge is 0.462 e. The highest BCUT2D eigenvalue weighted by Crippen LogP contribution is 2.63. The molecule has 226 valence electrons. The lowest BCUT2D eigenvalue weighted by Gasteiger charge is -2.31. The van der Waals surface area contributed by atoms with Gasteiger partial charge in [0.15, 0.2) is 18.3 Å². The fraction of sp³-hybridized carbons (Fsp3) is 0.727. The summed E-state index contributed by atoms with van der Waals surface area (Å²) in [5.74, 6) is -3.47. The molecular formula is C22H38O15P2. The van der Waals surface area contributed by atoms with Crippen molar-refractivity contribution in [2.45, 2.75) is 73.7 Å². The van der Waals surface area contributed by atoms with Crippen LogP contribution in [0.4, 0.5) is 0 Å². The number of carbonyl (C=O) groups excluding carboxylic acids is 4. The number of rotatable bonds is 19. The minimum atomic E-state index is -4.45. The number of ether oxygens (including phenoxy) is 4. The van der Waals surface area contributed by atoms with Gasteiger partial charge in [-0.15, -0.1) is 0 Å². The SMILES string of the molecule is CCOP(=O)(OCC)O/C(=C\[C@@H](OC(C)=O)[C@H](OC(C)=O)[C@@H](COC(C)=O)OC(C)=O)P(=O)(OCC)OCC. The summed E-state index contributed by atoms with van der Waals surface area (Å²) >= 11 is 0. The number of carbonyl (C=O) groups is 4. The van der Waals surface area contributed by atoms with Gasteiger partial charge in [0.05, 0.1) is 26.4 Å². The lowest BCUT2D eigenvalue weighted by molar-refractivity contribution is -0.185. The molecule has 0 aliphatic rings. The van der Waals surface area contributed by atoms with Crippen LogP contribution in [0, 0.1) is 0 Å². The number of esters is 4. The van der Waals surface area contributed by atoms with Crippen LogP contribution in [0.3, 0.4) is 0 Å². The standard InChI is InChI=1S/C22H38O15P2/c1-9-30-38(27,31-10-2)21(37-39(28,32-11-3)33-12-4)13-19(34-16(6)24)22(36-18(8)26)20(35-17(7)25)14-29-15(5)23/h13,19-20,22H,9-12,14H2,1-8H3/b21-13+/t19-,20-,22+/m1/s1. The summed E-state index contributed by atoms with van der Waals surface area (Å²) in [6, 6.07) is 0. The fourth-order valence-corrected chi connectivity index (χ4v) is 6.02. The van der Waals surface area contributed by atoms with Crippen LogP contribution in [-0.4, -0.2) is 75.2 Å². The van der Waals surface area contributed by atoms with E-state index in [1.165, 1.54) is 27.7 Å². The molecule has 15 nitrogen and oxygen atoms in total. The molecule has 0 amide bonds. The topological polar surface area (TPSA) is 185 Å². The van der Waals surface area contributed by atoms with Crippen molar-refractivity contribution in [3.05, 3.63) is 11.6 Å². The van der Waals surface area contributed by atoms with Gasteiger partial charge in [-0.1, -0.05) is 0 Å². The molecule has 0 radical (unpaired) electrons. The van der Waals surface area contributed by atoms with E-state index in [4.69, 9.17) is 41.6 Å². The van der Waals surface area contributed by atoms with E-state index in [1.807, 2.05) is 0 Å². The van der Waals surface area contributed by atoms with Crippen molar-refractivity contribution in [2.75, 3.05) is 33.0 Å². The van der Waals surface area contributed by atoms with E-state index in [1.54, 1.807) is 0 Å². The Balaban J connectivity index is 7.22. The van der Waals surface area contributed by atoms with Gasteiger partial charge in [0, 0.05) is 33.8 Å². The Bertz CT molecular complexity index is 928. The quantitative estimate of drug-likeness (QED) is 0.0899. The Hall–Kier alpha value is -2.28. The zero-order valence-corrected chi connectivity index (χ0v) is 25.2. The average Bonchev–Trinajstić information content (AvgIpc) is 2.79. The Morgan fingerprint density at radius 2 is 1.13 bits per heavy atom. The molecule has 0 saturated carbocycles. The third-order valence-corrected chi connectivity index (χ3v) is 7.71. The van der Waals surface area contributed by atoms with Crippen LogP contribution < -0.4 is 0 Å². The lowest BCUT2D eigenvalue weighted by Crippen LogP contribution is -2.46. The van der Waals surface area contributed by atoms with Crippen LogP contribution in [-0.2, 0) is 69.9 Å². The third-order valence-electron chi connectivity index (χ3n) is 4.02. The first kappa shape index (κ1) is 36.7. The molecule has 0 bridgehead atoms. The van der Waals surface area contributed by atoms with Gasteiger partial charge in [-0.3, -0.25) is 32.8 Å². The van der Waals surface area contributed by atoms with E-state index in [9.17, 15) is 28.3 Å². The average molecular weight is 604 g/mol. The minimum Gasteiger partial charge on any atom is -0.462 e. The normalized spacial score (nSPS) is 14.5. The van der Waals surface area contributed by atoms with Crippen LogP contribution in [0.1, 0.15) is 55.4 Å². The molecule has 17 heteroatoms. The van der Waals surface area contributed by atoms with Crippen molar-refractivity contribution < 1.29 is 69.9 Å². The Kier molecular flexibility index (Phi) is 17.1. The monoisotopic (exact) mass is 604 g/mol. The highest BCUT2D eigenvalue weighted by molar-refractivity contribution is 7.59. The van der Waals surface area contributed by atoms with Crippen molar-refractivity contribution in [3.8, 4) is 0 Å². The van der Waals surface area contributed by atoms with Gasteiger partial charge in [0.1, 0.15) is 6.61 Å². The molecule has 0 heterocycles. The van der Waals surface area contributed by atoms with Crippen molar-refractivity contribution in [2.24, 2.45) is 0 Å². The van der Waals surface area contributed by atoms with E-state index in [0.717, 1.165) is 33.8 Å². The third kappa shape index (κ3) is 14.1. The first-order valence-corrected chi connectivity index (χ1v) is 15.0. The largest absolute Gasteiger partial charge is 0.530 e. The summed E-state index contributed by atoms with van der Waals surface area (Å²) in [7, 11) is -8.89. The number of hydrogen-bond acceptors (Lipinski definition) is 15. The predicted molar refractivity (Wildman–Crippen MR) is 134 cm³/mol. The van der Waals surface area contributed by atoms with Gasteiger partial charge in [-0.05, 0) is 27.7 Å². The summed E-state index contributed by atoms with van der Waals surface area (Å²) in [6.07, 6.45) is -4.12. The zero-order valence-electron chi connectivity index (χ0n) is 23.4.